The Morgan fingerprint density at radius 2 is 1.81 bits per heavy atom. The van der Waals surface area contributed by atoms with Crippen molar-refractivity contribution in [1.29, 1.82) is 0 Å². The number of hydrogen-bond donors (Lipinski definition) is 1. The lowest BCUT2D eigenvalue weighted by atomic mass is 9.78. The molecular formula is C21H29F3N2O5S. The van der Waals surface area contributed by atoms with Crippen molar-refractivity contribution in [2.45, 2.75) is 43.7 Å². The van der Waals surface area contributed by atoms with Gasteiger partial charge in [0.25, 0.3) is 0 Å². The third-order valence-electron chi connectivity index (χ3n) is 6.24. The van der Waals surface area contributed by atoms with Crippen LogP contribution in [0.2, 0.25) is 0 Å². The summed E-state index contributed by atoms with van der Waals surface area (Å²) in [4.78, 5) is 11.8. The molecule has 2 heterocycles. The number of hydrogen-bond acceptors (Lipinski definition) is 5. The Bertz CT molecular complexity index is 910. The van der Waals surface area contributed by atoms with Crippen LogP contribution in [0.5, 0.6) is 5.75 Å². The lowest BCUT2D eigenvalue weighted by Crippen LogP contribution is -2.51. The standard InChI is InChI=1S/C19H28N2O3S.C2HF3O2/c1-2-21-14-19(9-11-20(12-10-19)13-16-7-8-16)15-24-17-5-3-4-6-18(17)25(21,22)23;3-2(4,5)1(6)7/h3-6,16H,2,7-15H2,1H3;(H,6,7). The lowest BCUT2D eigenvalue weighted by Gasteiger charge is -2.45. The number of carboxylic acids is 1. The van der Waals surface area contributed by atoms with Gasteiger partial charge in [-0.25, -0.2) is 13.2 Å². The summed E-state index contributed by atoms with van der Waals surface area (Å²) in [6, 6.07) is 7.05. The maximum Gasteiger partial charge on any atom is 0.490 e. The summed E-state index contributed by atoms with van der Waals surface area (Å²) in [6.07, 6.45) is -0.311. The number of benzene rings is 1. The highest BCUT2D eigenvalue weighted by molar-refractivity contribution is 7.89. The molecule has 1 aromatic rings. The Labute approximate surface area is 186 Å². The van der Waals surface area contributed by atoms with E-state index < -0.39 is 22.2 Å². The summed E-state index contributed by atoms with van der Waals surface area (Å²) in [5.74, 6) is -1.35. The molecule has 1 saturated carbocycles. The number of ether oxygens (including phenoxy) is 1. The highest BCUT2D eigenvalue weighted by atomic mass is 32.2. The molecule has 1 saturated heterocycles. The van der Waals surface area contributed by atoms with Gasteiger partial charge in [-0.2, -0.15) is 17.5 Å². The number of para-hydroxylation sites is 1. The van der Waals surface area contributed by atoms with Gasteiger partial charge in [-0.05, 0) is 56.8 Å². The largest absolute Gasteiger partial charge is 0.492 e. The first-order valence-electron chi connectivity index (χ1n) is 10.7. The van der Waals surface area contributed by atoms with Crippen LogP contribution in [0.3, 0.4) is 0 Å². The molecule has 7 nitrogen and oxygen atoms in total. The second-order valence-electron chi connectivity index (χ2n) is 8.71. The first-order chi connectivity index (χ1) is 15.0. The predicted molar refractivity (Wildman–Crippen MR) is 111 cm³/mol. The summed E-state index contributed by atoms with van der Waals surface area (Å²) in [5.41, 5.74) is -0.0728. The molecule has 180 valence electrons. The maximum atomic E-state index is 13.1. The second-order valence-corrected chi connectivity index (χ2v) is 10.6. The van der Waals surface area contributed by atoms with Crippen LogP contribution >= 0.6 is 0 Å². The van der Waals surface area contributed by atoms with Gasteiger partial charge in [-0.1, -0.05) is 19.1 Å². The molecular weight excluding hydrogens is 449 g/mol. The number of halogens is 3. The number of alkyl halides is 3. The fourth-order valence-corrected chi connectivity index (χ4v) is 5.81. The molecule has 4 rings (SSSR count). The number of carboxylic acid groups (broad SMARTS) is 1. The molecule has 32 heavy (non-hydrogen) atoms. The molecule has 2 aliphatic heterocycles. The van der Waals surface area contributed by atoms with Gasteiger partial charge in [0.2, 0.25) is 10.0 Å². The lowest BCUT2D eigenvalue weighted by molar-refractivity contribution is -0.192. The molecule has 0 bridgehead atoms. The van der Waals surface area contributed by atoms with Crippen LogP contribution in [0.4, 0.5) is 13.2 Å². The minimum absolute atomic E-state index is 0.0728. The van der Waals surface area contributed by atoms with E-state index in [1.54, 1.807) is 22.5 Å². The van der Waals surface area contributed by atoms with Gasteiger partial charge >= 0.3 is 12.1 Å². The van der Waals surface area contributed by atoms with Crippen LogP contribution in [0, 0.1) is 11.3 Å². The van der Waals surface area contributed by atoms with Crippen molar-refractivity contribution in [3.63, 3.8) is 0 Å². The van der Waals surface area contributed by atoms with Crippen molar-refractivity contribution in [3.8, 4) is 5.75 Å². The van der Waals surface area contributed by atoms with E-state index in [0.29, 0.717) is 30.3 Å². The fraction of sp³-hybridized carbons (Fsp3) is 0.667. The second kappa shape index (κ2) is 9.56. The quantitative estimate of drug-likeness (QED) is 0.718. The van der Waals surface area contributed by atoms with E-state index in [-0.39, 0.29) is 5.41 Å². The van der Waals surface area contributed by atoms with E-state index in [1.165, 1.54) is 19.4 Å². The first kappa shape index (κ1) is 24.8. The van der Waals surface area contributed by atoms with Crippen LogP contribution < -0.4 is 4.74 Å². The van der Waals surface area contributed by atoms with Gasteiger partial charge in [0.1, 0.15) is 10.6 Å². The Kier molecular flexibility index (Phi) is 7.41. The summed E-state index contributed by atoms with van der Waals surface area (Å²) in [7, 11) is -3.50. The Morgan fingerprint density at radius 3 is 2.34 bits per heavy atom. The zero-order valence-electron chi connectivity index (χ0n) is 18.0. The van der Waals surface area contributed by atoms with Gasteiger partial charge in [0.15, 0.2) is 0 Å². The van der Waals surface area contributed by atoms with Crippen molar-refractivity contribution < 1.29 is 36.2 Å². The molecule has 0 unspecified atom stereocenters. The normalized spacial score (nSPS) is 23.1. The fourth-order valence-electron chi connectivity index (χ4n) is 4.12. The highest BCUT2D eigenvalue weighted by Crippen LogP contribution is 2.40. The highest BCUT2D eigenvalue weighted by Gasteiger charge is 2.43. The SMILES string of the molecule is CCN1CC2(CCN(CC3CC3)CC2)COc2ccccc2S1(=O)=O.O=C(O)C(F)(F)F. The predicted octanol–water partition coefficient (Wildman–Crippen LogP) is 3.22. The molecule has 0 amide bonds. The van der Waals surface area contributed by atoms with E-state index in [1.807, 2.05) is 13.0 Å². The number of likely N-dealkylation sites (tertiary alicyclic amines) is 1. The molecule has 0 aromatic heterocycles. The Balaban J connectivity index is 0.000000360. The van der Waals surface area contributed by atoms with Crippen molar-refractivity contribution in [1.82, 2.24) is 9.21 Å². The monoisotopic (exact) mass is 478 g/mol. The number of aliphatic carboxylic acids is 1. The summed E-state index contributed by atoms with van der Waals surface area (Å²) >= 11 is 0. The van der Waals surface area contributed by atoms with Gasteiger partial charge < -0.3 is 14.7 Å². The van der Waals surface area contributed by atoms with Gasteiger partial charge in [-0.3, -0.25) is 0 Å². The van der Waals surface area contributed by atoms with Crippen LogP contribution in [-0.2, 0) is 14.8 Å². The smallest absolute Gasteiger partial charge is 0.490 e. The molecule has 1 N–H and O–H groups in total. The number of nitrogens with zero attached hydrogens (tertiary/aromatic N) is 2. The van der Waals surface area contributed by atoms with E-state index in [0.717, 1.165) is 31.8 Å². The molecule has 0 radical (unpaired) electrons. The van der Waals surface area contributed by atoms with E-state index in [9.17, 15) is 21.6 Å². The van der Waals surface area contributed by atoms with Crippen molar-refractivity contribution in [2.24, 2.45) is 11.3 Å². The van der Waals surface area contributed by atoms with Crippen LogP contribution in [0.1, 0.15) is 32.6 Å². The molecule has 1 spiro atoms. The van der Waals surface area contributed by atoms with Crippen molar-refractivity contribution >= 4 is 16.0 Å². The summed E-state index contributed by atoms with van der Waals surface area (Å²) < 4.78 is 65.6. The van der Waals surface area contributed by atoms with E-state index >= 15 is 0 Å². The van der Waals surface area contributed by atoms with Crippen LogP contribution in [0.25, 0.3) is 0 Å². The summed E-state index contributed by atoms with van der Waals surface area (Å²) in [6.45, 7) is 6.93. The Hall–Kier alpha value is -1.85. The van der Waals surface area contributed by atoms with Gasteiger partial charge in [0.05, 0.1) is 6.61 Å². The van der Waals surface area contributed by atoms with Crippen molar-refractivity contribution in [2.75, 3.05) is 39.3 Å². The number of fused-ring (bicyclic) bond motifs is 1. The first-order valence-corrected chi connectivity index (χ1v) is 12.2. The van der Waals surface area contributed by atoms with E-state index in [4.69, 9.17) is 14.6 Å². The minimum atomic E-state index is -5.08. The maximum absolute atomic E-state index is 13.1. The van der Waals surface area contributed by atoms with Gasteiger partial charge in [0, 0.05) is 25.0 Å². The molecule has 11 heteroatoms. The number of piperidine rings is 1. The number of carbonyl (C=O) groups is 1. The molecule has 3 aliphatic rings. The number of rotatable bonds is 3. The Morgan fingerprint density at radius 1 is 1.22 bits per heavy atom. The number of sulfonamides is 1. The molecule has 0 atom stereocenters. The van der Waals surface area contributed by atoms with Crippen molar-refractivity contribution in [3.05, 3.63) is 24.3 Å². The molecule has 1 aromatic carbocycles. The average Bonchev–Trinajstić information content (AvgIpc) is 3.55. The topological polar surface area (TPSA) is 87.2 Å². The zero-order valence-corrected chi connectivity index (χ0v) is 18.8. The average molecular weight is 479 g/mol. The molecule has 1 aliphatic carbocycles. The molecule has 2 fully saturated rings. The van der Waals surface area contributed by atoms with Gasteiger partial charge in [-0.15, -0.1) is 0 Å². The van der Waals surface area contributed by atoms with E-state index in [2.05, 4.69) is 4.90 Å². The third-order valence-corrected chi connectivity index (χ3v) is 8.20. The van der Waals surface area contributed by atoms with Crippen LogP contribution in [-0.4, -0.2) is 74.2 Å². The van der Waals surface area contributed by atoms with Crippen LogP contribution in [0.15, 0.2) is 29.2 Å². The zero-order chi connectivity index (χ0) is 23.6. The minimum Gasteiger partial charge on any atom is -0.492 e. The third kappa shape index (κ3) is 5.93. The summed E-state index contributed by atoms with van der Waals surface area (Å²) in [5, 5.41) is 7.12.